The Kier molecular flexibility index (Phi) is 4.36. The molecule has 16 heavy (non-hydrogen) atoms. The van der Waals surface area contributed by atoms with Gasteiger partial charge in [-0.25, -0.2) is 0 Å². The predicted molar refractivity (Wildman–Crippen MR) is 58.9 cm³/mol. The third-order valence-corrected chi connectivity index (χ3v) is 2.69. The van der Waals surface area contributed by atoms with Crippen molar-refractivity contribution in [1.82, 2.24) is 4.98 Å². The summed E-state index contributed by atoms with van der Waals surface area (Å²) in [7, 11) is 0. The molecule has 0 aromatic carbocycles. The Labute approximate surface area is 99.9 Å². The van der Waals surface area contributed by atoms with Gasteiger partial charge < -0.3 is 4.74 Å². The summed E-state index contributed by atoms with van der Waals surface area (Å²) in [5.74, 6) is -0.439. The van der Waals surface area contributed by atoms with Crippen molar-refractivity contribution < 1.29 is 14.5 Å². The zero-order valence-corrected chi connectivity index (χ0v) is 10.1. The van der Waals surface area contributed by atoms with E-state index in [-0.39, 0.29) is 23.2 Å². The lowest BCUT2D eigenvalue weighted by Crippen LogP contribution is -2.08. The quantitative estimate of drug-likeness (QED) is 0.480. The summed E-state index contributed by atoms with van der Waals surface area (Å²) < 4.78 is 5.01. The van der Waals surface area contributed by atoms with Gasteiger partial charge in [-0.05, 0) is 22.9 Å². The molecule has 0 saturated heterocycles. The van der Waals surface area contributed by atoms with Crippen LogP contribution in [0.4, 0.5) is 5.69 Å². The number of nitro groups is 1. The van der Waals surface area contributed by atoms with Crippen LogP contribution in [-0.2, 0) is 16.0 Å². The SMILES string of the molecule is CCOC(=O)Cc1cncc([N+](=O)[O-])c1Br. The summed E-state index contributed by atoms with van der Waals surface area (Å²) >= 11 is 3.07. The van der Waals surface area contributed by atoms with Crippen molar-refractivity contribution in [3.63, 3.8) is 0 Å². The summed E-state index contributed by atoms with van der Waals surface area (Å²) in [6.45, 7) is 1.97. The minimum atomic E-state index is -0.564. The highest BCUT2D eigenvalue weighted by Gasteiger charge is 2.17. The normalized spacial score (nSPS) is 9.88. The number of carbonyl (C=O) groups is 1. The molecule has 1 aromatic heterocycles. The first-order chi connectivity index (χ1) is 7.56. The third-order valence-electron chi connectivity index (χ3n) is 1.77. The number of hydrogen-bond acceptors (Lipinski definition) is 5. The van der Waals surface area contributed by atoms with Crippen molar-refractivity contribution in [3.8, 4) is 0 Å². The van der Waals surface area contributed by atoms with Crippen LogP contribution in [0.5, 0.6) is 0 Å². The molecule has 0 aliphatic heterocycles. The number of nitrogens with zero attached hydrogens (tertiary/aromatic N) is 2. The van der Waals surface area contributed by atoms with Crippen LogP contribution in [0.25, 0.3) is 0 Å². The largest absolute Gasteiger partial charge is 0.466 e. The van der Waals surface area contributed by atoms with E-state index in [1.807, 2.05) is 0 Å². The maximum absolute atomic E-state index is 11.2. The third kappa shape index (κ3) is 2.99. The lowest BCUT2D eigenvalue weighted by atomic mass is 10.2. The second-order valence-electron chi connectivity index (χ2n) is 2.87. The summed E-state index contributed by atoms with van der Waals surface area (Å²) in [4.78, 5) is 24.9. The van der Waals surface area contributed by atoms with Crippen LogP contribution in [0.15, 0.2) is 16.9 Å². The van der Waals surface area contributed by atoms with E-state index >= 15 is 0 Å². The van der Waals surface area contributed by atoms with E-state index in [1.54, 1.807) is 6.92 Å². The fourth-order valence-corrected chi connectivity index (χ4v) is 1.58. The molecule has 0 spiro atoms. The van der Waals surface area contributed by atoms with Gasteiger partial charge in [-0.2, -0.15) is 0 Å². The molecule has 0 aliphatic rings. The molecule has 0 fully saturated rings. The van der Waals surface area contributed by atoms with Crippen LogP contribution in [0.1, 0.15) is 12.5 Å². The molecule has 1 heterocycles. The molecular formula is C9H9BrN2O4. The van der Waals surface area contributed by atoms with Gasteiger partial charge in [0.2, 0.25) is 0 Å². The number of aromatic nitrogens is 1. The molecule has 1 rings (SSSR count). The highest BCUT2D eigenvalue weighted by atomic mass is 79.9. The Balaban J connectivity index is 2.93. The van der Waals surface area contributed by atoms with Crippen LogP contribution in [0.3, 0.4) is 0 Å². The Morgan fingerprint density at radius 2 is 2.31 bits per heavy atom. The van der Waals surface area contributed by atoms with Gasteiger partial charge in [0, 0.05) is 11.8 Å². The molecular weight excluding hydrogens is 280 g/mol. The maximum Gasteiger partial charge on any atom is 0.310 e. The van der Waals surface area contributed by atoms with Crippen LogP contribution < -0.4 is 0 Å². The second-order valence-corrected chi connectivity index (χ2v) is 3.66. The molecule has 0 atom stereocenters. The fraction of sp³-hybridized carbons (Fsp3) is 0.333. The Hall–Kier alpha value is -1.50. The van der Waals surface area contributed by atoms with E-state index in [4.69, 9.17) is 4.74 Å². The van der Waals surface area contributed by atoms with Crippen molar-refractivity contribution in [2.45, 2.75) is 13.3 Å². The summed E-state index contributed by atoms with van der Waals surface area (Å²) in [6.07, 6.45) is 2.48. The van der Waals surface area contributed by atoms with E-state index in [9.17, 15) is 14.9 Å². The Morgan fingerprint density at radius 3 is 2.88 bits per heavy atom. The van der Waals surface area contributed by atoms with Gasteiger partial charge in [0.1, 0.15) is 10.7 Å². The molecule has 1 aromatic rings. The molecule has 86 valence electrons. The molecule has 0 aliphatic carbocycles. The Bertz CT molecular complexity index is 422. The van der Waals surface area contributed by atoms with Gasteiger partial charge in [0.25, 0.3) is 0 Å². The molecule has 0 N–H and O–H groups in total. The number of halogens is 1. The van der Waals surface area contributed by atoms with Crippen molar-refractivity contribution in [3.05, 3.63) is 32.5 Å². The Morgan fingerprint density at radius 1 is 1.62 bits per heavy atom. The van der Waals surface area contributed by atoms with E-state index in [0.29, 0.717) is 5.56 Å². The number of esters is 1. The molecule has 0 amide bonds. The van der Waals surface area contributed by atoms with Gasteiger partial charge >= 0.3 is 11.7 Å². The van der Waals surface area contributed by atoms with E-state index in [0.717, 1.165) is 6.20 Å². The van der Waals surface area contributed by atoms with Gasteiger partial charge in [-0.3, -0.25) is 19.9 Å². The average molecular weight is 289 g/mol. The summed E-state index contributed by atoms with van der Waals surface area (Å²) in [5, 5.41) is 10.6. The standard InChI is InChI=1S/C9H9BrN2O4/c1-2-16-8(13)3-6-4-11-5-7(9(6)10)12(14)15/h4-5H,2-3H2,1H3. The van der Waals surface area contributed by atoms with Crippen LogP contribution >= 0.6 is 15.9 Å². The number of pyridine rings is 1. The van der Waals surface area contributed by atoms with Gasteiger partial charge in [-0.1, -0.05) is 0 Å². The minimum Gasteiger partial charge on any atom is -0.466 e. The number of hydrogen-bond donors (Lipinski definition) is 0. The molecule has 7 heteroatoms. The van der Waals surface area contributed by atoms with Crippen LogP contribution in [-0.4, -0.2) is 22.5 Å². The first kappa shape index (κ1) is 12.6. The van der Waals surface area contributed by atoms with Crippen molar-refractivity contribution in [2.24, 2.45) is 0 Å². The van der Waals surface area contributed by atoms with Crippen molar-refractivity contribution >= 4 is 27.6 Å². The number of carbonyl (C=O) groups excluding carboxylic acids is 1. The average Bonchev–Trinajstić information content (AvgIpc) is 2.21. The lowest BCUT2D eigenvalue weighted by molar-refractivity contribution is -0.386. The van der Waals surface area contributed by atoms with Gasteiger partial charge in [0.15, 0.2) is 0 Å². The summed E-state index contributed by atoms with van der Waals surface area (Å²) in [5.41, 5.74) is 0.273. The molecule has 0 radical (unpaired) electrons. The zero-order chi connectivity index (χ0) is 12.1. The number of ether oxygens (including phenoxy) is 1. The van der Waals surface area contributed by atoms with Crippen LogP contribution in [0, 0.1) is 10.1 Å². The maximum atomic E-state index is 11.2. The molecule has 0 unspecified atom stereocenters. The minimum absolute atomic E-state index is 0.0386. The van der Waals surface area contributed by atoms with E-state index in [2.05, 4.69) is 20.9 Å². The smallest absolute Gasteiger partial charge is 0.310 e. The summed E-state index contributed by atoms with van der Waals surface area (Å²) in [6, 6.07) is 0. The molecule has 0 saturated carbocycles. The predicted octanol–water partition coefficient (Wildman–Crippen LogP) is 1.86. The van der Waals surface area contributed by atoms with Crippen molar-refractivity contribution in [2.75, 3.05) is 6.61 Å². The monoisotopic (exact) mass is 288 g/mol. The first-order valence-electron chi connectivity index (χ1n) is 4.48. The lowest BCUT2D eigenvalue weighted by Gasteiger charge is -2.03. The molecule has 0 bridgehead atoms. The topological polar surface area (TPSA) is 82.3 Å². The zero-order valence-electron chi connectivity index (χ0n) is 8.47. The fourth-order valence-electron chi connectivity index (χ4n) is 1.09. The van der Waals surface area contributed by atoms with Crippen LogP contribution in [0.2, 0.25) is 0 Å². The highest BCUT2D eigenvalue weighted by molar-refractivity contribution is 9.10. The van der Waals surface area contributed by atoms with E-state index < -0.39 is 10.9 Å². The van der Waals surface area contributed by atoms with Gasteiger partial charge in [-0.15, -0.1) is 0 Å². The van der Waals surface area contributed by atoms with E-state index in [1.165, 1.54) is 6.20 Å². The molecule has 6 nitrogen and oxygen atoms in total. The van der Waals surface area contributed by atoms with Gasteiger partial charge in [0.05, 0.1) is 18.0 Å². The second kappa shape index (κ2) is 5.55. The highest BCUT2D eigenvalue weighted by Crippen LogP contribution is 2.27. The van der Waals surface area contributed by atoms with Crippen molar-refractivity contribution in [1.29, 1.82) is 0 Å². The number of rotatable bonds is 4. The first-order valence-corrected chi connectivity index (χ1v) is 5.28.